The maximum atomic E-state index is 12.2. The normalized spacial score (nSPS) is 11.8. The molecule has 0 atom stereocenters. The van der Waals surface area contributed by atoms with E-state index in [4.69, 9.17) is 5.11 Å². The van der Waals surface area contributed by atoms with Gasteiger partial charge in [0.05, 0.1) is 11.0 Å². The zero-order valence-electron chi connectivity index (χ0n) is 13.1. The molecule has 1 aromatic rings. The average Bonchev–Trinajstić information content (AvgIpc) is 2.61. The third kappa shape index (κ3) is 3.21. The van der Waals surface area contributed by atoms with Crippen LogP contribution in [0.1, 0.15) is 55.5 Å². The van der Waals surface area contributed by atoms with Crippen LogP contribution in [0.25, 0.3) is 0 Å². The molecule has 5 heteroatoms. The summed E-state index contributed by atoms with van der Waals surface area (Å²) in [4.78, 5) is 23.2. The van der Waals surface area contributed by atoms with Gasteiger partial charge < -0.3 is 15.0 Å². The van der Waals surface area contributed by atoms with Crippen molar-refractivity contribution < 1.29 is 14.7 Å². The van der Waals surface area contributed by atoms with Gasteiger partial charge >= 0.3 is 5.97 Å². The minimum absolute atomic E-state index is 0.104. The average molecular weight is 280 g/mol. The maximum absolute atomic E-state index is 12.2. The summed E-state index contributed by atoms with van der Waals surface area (Å²) in [6, 6.07) is 2.13. The molecule has 0 saturated heterocycles. The molecule has 20 heavy (non-hydrogen) atoms. The van der Waals surface area contributed by atoms with Crippen LogP contribution in [-0.4, -0.2) is 28.1 Å². The second kappa shape index (κ2) is 5.69. The molecule has 0 radical (unpaired) electrons. The van der Waals surface area contributed by atoms with E-state index in [9.17, 15) is 9.59 Å². The van der Waals surface area contributed by atoms with Crippen molar-refractivity contribution in [2.45, 2.75) is 47.6 Å². The Bertz CT molecular complexity index is 527. The minimum atomic E-state index is -0.973. The highest BCUT2D eigenvalue weighted by Crippen LogP contribution is 2.20. The van der Waals surface area contributed by atoms with Gasteiger partial charge in [-0.05, 0) is 47.6 Å². The Morgan fingerprint density at radius 1 is 1.35 bits per heavy atom. The Kier molecular flexibility index (Phi) is 4.63. The minimum Gasteiger partial charge on any atom is -0.481 e. The molecule has 0 aliphatic heterocycles. The summed E-state index contributed by atoms with van der Waals surface area (Å²) in [5.74, 6) is -1.15. The number of aliphatic carboxylic acids is 1. The van der Waals surface area contributed by atoms with Gasteiger partial charge in [0.1, 0.15) is 0 Å². The van der Waals surface area contributed by atoms with Gasteiger partial charge in [-0.3, -0.25) is 9.59 Å². The van der Waals surface area contributed by atoms with E-state index >= 15 is 0 Å². The molecular formula is C15H24N2O3. The van der Waals surface area contributed by atoms with Crippen molar-refractivity contribution in [3.63, 3.8) is 0 Å². The number of hydrogen-bond donors (Lipinski definition) is 2. The van der Waals surface area contributed by atoms with Crippen LogP contribution in [0.3, 0.4) is 0 Å². The molecule has 0 aliphatic rings. The lowest BCUT2D eigenvalue weighted by Crippen LogP contribution is -2.39. The van der Waals surface area contributed by atoms with E-state index in [2.05, 4.69) is 23.7 Å². The molecule has 5 nitrogen and oxygen atoms in total. The number of carboxylic acids is 1. The third-order valence-corrected chi connectivity index (χ3v) is 3.52. The van der Waals surface area contributed by atoms with Gasteiger partial charge in [-0.2, -0.15) is 0 Å². The Labute approximate surface area is 120 Å². The van der Waals surface area contributed by atoms with Crippen molar-refractivity contribution in [2.24, 2.45) is 5.41 Å². The molecule has 1 heterocycles. The molecule has 0 saturated carbocycles. The highest BCUT2D eigenvalue weighted by atomic mass is 16.4. The number of carbonyl (C=O) groups excluding carboxylic acids is 1. The number of nitrogens with one attached hydrogen (secondary N) is 1. The first-order chi connectivity index (χ1) is 9.08. The van der Waals surface area contributed by atoms with Crippen LogP contribution in [0, 0.1) is 19.3 Å². The van der Waals surface area contributed by atoms with Crippen molar-refractivity contribution in [1.82, 2.24) is 9.88 Å². The second-order valence-electron chi connectivity index (χ2n) is 6.12. The first-order valence-electron chi connectivity index (χ1n) is 6.78. The summed E-state index contributed by atoms with van der Waals surface area (Å²) < 4.78 is 2.09. The van der Waals surface area contributed by atoms with Gasteiger partial charge in [-0.25, -0.2) is 0 Å². The van der Waals surface area contributed by atoms with Gasteiger partial charge in [-0.1, -0.05) is 0 Å². The summed E-state index contributed by atoms with van der Waals surface area (Å²) in [5.41, 5.74) is 1.57. The van der Waals surface area contributed by atoms with E-state index in [1.807, 2.05) is 19.9 Å². The molecule has 1 rings (SSSR count). The summed E-state index contributed by atoms with van der Waals surface area (Å²) in [6.45, 7) is 11.3. The van der Waals surface area contributed by atoms with Crippen molar-refractivity contribution in [3.05, 3.63) is 23.0 Å². The molecule has 1 aromatic heterocycles. The first kappa shape index (κ1) is 16.3. The van der Waals surface area contributed by atoms with Gasteiger partial charge in [0.25, 0.3) is 5.91 Å². The van der Waals surface area contributed by atoms with Crippen LogP contribution >= 0.6 is 0 Å². The first-order valence-corrected chi connectivity index (χ1v) is 6.78. The summed E-state index contributed by atoms with van der Waals surface area (Å²) >= 11 is 0. The lowest BCUT2D eigenvalue weighted by Gasteiger charge is -2.19. The van der Waals surface area contributed by atoms with E-state index in [1.165, 1.54) is 0 Å². The maximum Gasteiger partial charge on any atom is 0.310 e. The van der Waals surface area contributed by atoms with Gasteiger partial charge in [0.15, 0.2) is 0 Å². The summed E-state index contributed by atoms with van der Waals surface area (Å²) in [6.07, 6.45) is 0. The Morgan fingerprint density at radius 3 is 2.30 bits per heavy atom. The Hall–Kier alpha value is -1.78. The zero-order valence-corrected chi connectivity index (χ0v) is 13.1. The largest absolute Gasteiger partial charge is 0.481 e. The molecule has 0 fully saturated rings. The van der Waals surface area contributed by atoms with Gasteiger partial charge in [0.2, 0.25) is 0 Å². The van der Waals surface area contributed by atoms with Crippen molar-refractivity contribution in [3.8, 4) is 0 Å². The van der Waals surface area contributed by atoms with Crippen LogP contribution in [0.5, 0.6) is 0 Å². The van der Waals surface area contributed by atoms with Crippen LogP contribution in [-0.2, 0) is 4.79 Å². The van der Waals surface area contributed by atoms with Crippen molar-refractivity contribution in [1.29, 1.82) is 0 Å². The molecule has 0 aliphatic carbocycles. The van der Waals surface area contributed by atoms with Gasteiger partial charge in [-0.15, -0.1) is 0 Å². The number of hydrogen-bond acceptors (Lipinski definition) is 2. The number of nitrogens with zero attached hydrogens (tertiary/aromatic N) is 1. The van der Waals surface area contributed by atoms with E-state index in [-0.39, 0.29) is 18.5 Å². The lowest BCUT2D eigenvalue weighted by molar-refractivity contribution is -0.146. The van der Waals surface area contributed by atoms with Crippen LogP contribution < -0.4 is 5.32 Å². The van der Waals surface area contributed by atoms with Gasteiger partial charge in [0, 0.05) is 24.0 Å². The number of rotatable bonds is 5. The van der Waals surface area contributed by atoms with E-state index in [0.29, 0.717) is 5.56 Å². The molecular weight excluding hydrogens is 256 g/mol. The van der Waals surface area contributed by atoms with Crippen molar-refractivity contribution in [2.75, 3.05) is 6.54 Å². The molecule has 0 unspecified atom stereocenters. The fourth-order valence-corrected chi connectivity index (χ4v) is 2.27. The summed E-state index contributed by atoms with van der Waals surface area (Å²) in [5, 5.41) is 11.8. The predicted molar refractivity (Wildman–Crippen MR) is 78.0 cm³/mol. The number of carbonyl (C=O) groups is 2. The van der Waals surface area contributed by atoms with E-state index in [0.717, 1.165) is 11.4 Å². The van der Waals surface area contributed by atoms with Crippen LogP contribution in [0.15, 0.2) is 6.07 Å². The number of carboxylic acid groups (broad SMARTS) is 1. The quantitative estimate of drug-likeness (QED) is 0.870. The SMILES string of the molecule is Cc1cc(C(=O)NCC(C)(C)C(=O)O)c(C)n1C(C)C. The zero-order chi connectivity index (χ0) is 15.7. The molecule has 1 amide bonds. The number of amides is 1. The standard InChI is InChI=1S/C15H24N2O3/c1-9(2)17-10(3)7-12(11(17)4)13(18)16-8-15(5,6)14(19)20/h7,9H,8H2,1-6H3,(H,16,18)(H,19,20). The van der Waals surface area contributed by atoms with E-state index in [1.54, 1.807) is 13.8 Å². The predicted octanol–water partition coefficient (Wildman–Crippen LogP) is 2.53. The monoisotopic (exact) mass is 280 g/mol. The van der Waals surface area contributed by atoms with Crippen LogP contribution in [0.4, 0.5) is 0 Å². The highest BCUT2D eigenvalue weighted by molar-refractivity contribution is 5.96. The van der Waals surface area contributed by atoms with Crippen LogP contribution in [0.2, 0.25) is 0 Å². The fraction of sp³-hybridized carbons (Fsp3) is 0.600. The molecule has 0 aromatic carbocycles. The second-order valence-corrected chi connectivity index (χ2v) is 6.12. The molecule has 0 spiro atoms. The Morgan fingerprint density at radius 2 is 1.90 bits per heavy atom. The summed E-state index contributed by atoms with van der Waals surface area (Å²) in [7, 11) is 0. The molecule has 2 N–H and O–H groups in total. The van der Waals surface area contributed by atoms with Crippen molar-refractivity contribution >= 4 is 11.9 Å². The Balaban J connectivity index is 2.90. The molecule has 112 valence electrons. The highest BCUT2D eigenvalue weighted by Gasteiger charge is 2.28. The van der Waals surface area contributed by atoms with E-state index < -0.39 is 11.4 Å². The smallest absolute Gasteiger partial charge is 0.310 e. The fourth-order valence-electron chi connectivity index (χ4n) is 2.27. The number of aryl methyl sites for hydroxylation is 1. The lowest BCUT2D eigenvalue weighted by atomic mass is 9.94. The molecule has 0 bridgehead atoms. The topological polar surface area (TPSA) is 71.3 Å². The third-order valence-electron chi connectivity index (χ3n) is 3.52. The number of aromatic nitrogens is 1.